The number of carbonyl (C=O) groups excluding carboxylic acids is 1. The van der Waals surface area contributed by atoms with Gasteiger partial charge in [0.25, 0.3) is 0 Å². The zero-order valence-corrected chi connectivity index (χ0v) is 16.7. The number of allylic oxidation sites excluding steroid dienone is 4. The number of hydrogen-bond donors (Lipinski definition) is 2. The summed E-state index contributed by atoms with van der Waals surface area (Å²) in [5.41, 5.74) is 10.0. The van der Waals surface area contributed by atoms with Gasteiger partial charge in [0.15, 0.2) is 5.78 Å². The number of rotatable bonds is 9. The summed E-state index contributed by atoms with van der Waals surface area (Å²) in [5.74, 6) is 0.825. The normalized spacial score (nSPS) is 19.7. The van der Waals surface area contributed by atoms with E-state index in [1.807, 2.05) is 30.7 Å². The Balaban J connectivity index is 1.87. The van der Waals surface area contributed by atoms with Gasteiger partial charge in [-0.05, 0) is 69.6 Å². The second kappa shape index (κ2) is 8.83. The maximum atomic E-state index is 12.6. The van der Waals surface area contributed by atoms with Crippen molar-refractivity contribution in [2.45, 2.75) is 64.8 Å². The number of aryl methyl sites for hydroxylation is 1. The standard InChI is InChI=1S/C22H34N2O2/c1-16-8-9-18(17(2)14-16)6-5-7-21(26)20-11-10-19(24(20)4)12-13-22(3,23)15-25/h9-11,14,16,25H,5-8,12-13,15,23H2,1-4H3/t16?,22-/m1/s1. The van der Waals surface area contributed by atoms with E-state index in [1.165, 1.54) is 11.1 Å². The third kappa shape index (κ3) is 5.42. The minimum absolute atomic E-state index is 0.0360. The molecule has 0 aliphatic heterocycles. The van der Waals surface area contributed by atoms with Crippen molar-refractivity contribution in [1.82, 2.24) is 4.57 Å². The van der Waals surface area contributed by atoms with Crippen LogP contribution >= 0.6 is 0 Å². The van der Waals surface area contributed by atoms with Crippen LogP contribution in [0.1, 0.15) is 69.1 Å². The highest BCUT2D eigenvalue weighted by molar-refractivity contribution is 5.94. The third-order valence-corrected chi connectivity index (χ3v) is 5.45. The van der Waals surface area contributed by atoms with E-state index in [2.05, 4.69) is 26.0 Å². The molecule has 4 heteroatoms. The molecule has 1 aliphatic carbocycles. The summed E-state index contributed by atoms with van der Waals surface area (Å²) in [7, 11) is 1.94. The van der Waals surface area contributed by atoms with Crippen LogP contribution in [0.15, 0.2) is 35.4 Å². The topological polar surface area (TPSA) is 68.2 Å². The first-order valence-electron chi connectivity index (χ1n) is 9.69. The molecule has 1 heterocycles. The van der Waals surface area contributed by atoms with Crippen molar-refractivity contribution in [3.05, 3.63) is 46.8 Å². The van der Waals surface area contributed by atoms with Crippen molar-refractivity contribution in [3.63, 3.8) is 0 Å². The van der Waals surface area contributed by atoms with Gasteiger partial charge in [-0.3, -0.25) is 4.79 Å². The first-order chi connectivity index (χ1) is 12.2. The van der Waals surface area contributed by atoms with E-state index in [9.17, 15) is 9.90 Å². The van der Waals surface area contributed by atoms with Gasteiger partial charge in [-0.25, -0.2) is 0 Å². The molecule has 0 saturated carbocycles. The largest absolute Gasteiger partial charge is 0.394 e. The maximum absolute atomic E-state index is 12.6. The number of carbonyl (C=O) groups is 1. The van der Waals surface area contributed by atoms with Gasteiger partial charge >= 0.3 is 0 Å². The number of Topliss-reactive ketones (excluding diaryl/α,β-unsaturated/α-hetero) is 1. The minimum atomic E-state index is -0.578. The van der Waals surface area contributed by atoms with E-state index in [-0.39, 0.29) is 12.4 Å². The Bertz CT molecular complexity index is 695. The van der Waals surface area contributed by atoms with Crippen LogP contribution in [0.3, 0.4) is 0 Å². The Morgan fingerprint density at radius 3 is 2.77 bits per heavy atom. The fourth-order valence-corrected chi connectivity index (χ4v) is 3.53. The molecule has 1 aromatic rings. The van der Waals surface area contributed by atoms with Crippen LogP contribution in [0.25, 0.3) is 0 Å². The second-order valence-corrected chi connectivity index (χ2v) is 8.15. The van der Waals surface area contributed by atoms with Crippen molar-refractivity contribution in [1.29, 1.82) is 0 Å². The molecule has 0 aromatic carbocycles. The average molecular weight is 359 g/mol. The number of aliphatic hydroxyl groups is 1. The Labute approximate surface area is 157 Å². The van der Waals surface area contributed by atoms with Crippen LogP contribution in [0.2, 0.25) is 0 Å². The molecule has 1 aromatic heterocycles. The van der Waals surface area contributed by atoms with Crippen molar-refractivity contribution < 1.29 is 9.90 Å². The van der Waals surface area contributed by atoms with Crippen LogP contribution in [0, 0.1) is 5.92 Å². The van der Waals surface area contributed by atoms with Crippen molar-refractivity contribution in [3.8, 4) is 0 Å². The molecular weight excluding hydrogens is 324 g/mol. The lowest BCUT2D eigenvalue weighted by atomic mass is 9.89. The lowest BCUT2D eigenvalue weighted by Crippen LogP contribution is -2.40. The van der Waals surface area contributed by atoms with E-state index >= 15 is 0 Å². The van der Waals surface area contributed by atoms with E-state index in [4.69, 9.17) is 5.73 Å². The summed E-state index contributed by atoms with van der Waals surface area (Å²) in [6, 6.07) is 3.91. The molecule has 0 amide bonds. The summed E-state index contributed by atoms with van der Waals surface area (Å²) in [5, 5.41) is 9.28. The van der Waals surface area contributed by atoms with Gasteiger partial charge in [0.2, 0.25) is 0 Å². The van der Waals surface area contributed by atoms with Crippen molar-refractivity contribution >= 4 is 5.78 Å². The molecule has 2 atom stereocenters. The Kier molecular flexibility index (Phi) is 7.01. The van der Waals surface area contributed by atoms with Crippen LogP contribution in [-0.4, -0.2) is 27.6 Å². The Morgan fingerprint density at radius 1 is 1.38 bits per heavy atom. The molecule has 2 rings (SSSR count). The van der Waals surface area contributed by atoms with E-state index < -0.39 is 5.54 Å². The second-order valence-electron chi connectivity index (χ2n) is 8.15. The number of aliphatic hydroxyl groups excluding tert-OH is 1. The van der Waals surface area contributed by atoms with Crippen LogP contribution in [0.4, 0.5) is 0 Å². The summed E-state index contributed by atoms with van der Waals surface area (Å²) in [6.07, 6.45) is 9.64. The molecule has 0 fully saturated rings. The highest BCUT2D eigenvalue weighted by Gasteiger charge is 2.19. The number of nitrogens with zero attached hydrogens (tertiary/aromatic N) is 1. The predicted molar refractivity (Wildman–Crippen MR) is 107 cm³/mol. The number of nitrogens with two attached hydrogens (primary N) is 1. The fraction of sp³-hybridized carbons (Fsp3) is 0.591. The monoisotopic (exact) mass is 358 g/mol. The molecule has 0 saturated heterocycles. The summed E-state index contributed by atoms with van der Waals surface area (Å²) in [4.78, 5) is 12.6. The summed E-state index contributed by atoms with van der Waals surface area (Å²) in [6.45, 7) is 6.22. The minimum Gasteiger partial charge on any atom is -0.394 e. The van der Waals surface area contributed by atoms with Gasteiger partial charge in [-0.2, -0.15) is 0 Å². The fourth-order valence-electron chi connectivity index (χ4n) is 3.53. The van der Waals surface area contributed by atoms with Gasteiger partial charge in [0, 0.05) is 24.7 Å². The Morgan fingerprint density at radius 2 is 2.12 bits per heavy atom. The Hall–Kier alpha value is -1.65. The number of ketones is 1. The molecule has 0 radical (unpaired) electrons. The first kappa shape index (κ1) is 20.7. The van der Waals surface area contributed by atoms with E-state index in [1.54, 1.807) is 0 Å². The lowest BCUT2D eigenvalue weighted by molar-refractivity contribution is 0.0972. The molecular formula is C22H34N2O2. The van der Waals surface area contributed by atoms with Gasteiger partial charge in [0.05, 0.1) is 12.3 Å². The first-order valence-corrected chi connectivity index (χ1v) is 9.69. The van der Waals surface area contributed by atoms with Gasteiger partial charge in [0.1, 0.15) is 0 Å². The zero-order valence-electron chi connectivity index (χ0n) is 16.7. The van der Waals surface area contributed by atoms with Gasteiger partial charge < -0.3 is 15.4 Å². The molecule has 3 N–H and O–H groups in total. The van der Waals surface area contributed by atoms with Crippen molar-refractivity contribution in [2.75, 3.05) is 6.61 Å². The highest BCUT2D eigenvalue weighted by Crippen LogP contribution is 2.26. The average Bonchev–Trinajstić information content (AvgIpc) is 2.96. The van der Waals surface area contributed by atoms with E-state index in [0.29, 0.717) is 18.8 Å². The lowest BCUT2D eigenvalue weighted by Gasteiger charge is -2.21. The molecule has 4 nitrogen and oxygen atoms in total. The highest BCUT2D eigenvalue weighted by atomic mass is 16.3. The predicted octanol–water partition coefficient (Wildman–Crippen LogP) is 3.93. The van der Waals surface area contributed by atoms with Crippen LogP contribution in [-0.2, 0) is 13.5 Å². The molecule has 0 bridgehead atoms. The van der Waals surface area contributed by atoms with Crippen LogP contribution in [0.5, 0.6) is 0 Å². The summed E-state index contributed by atoms with van der Waals surface area (Å²) >= 11 is 0. The number of hydrogen-bond acceptors (Lipinski definition) is 3. The third-order valence-electron chi connectivity index (χ3n) is 5.45. The molecule has 1 aliphatic rings. The molecule has 1 unspecified atom stereocenters. The van der Waals surface area contributed by atoms with E-state index in [0.717, 1.165) is 37.1 Å². The summed E-state index contributed by atoms with van der Waals surface area (Å²) < 4.78 is 1.97. The quantitative estimate of drug-likeness (QED) is 0.657. The zero-order chi connectivity index (χ0) is 19.3. The SMILES string of the molecule is CC1=CC(C)CC=C1CCCC(=O)c1ccc(CC[C@@](C)(N)CO)n1C. The molecule has 0 spiro atoms. The van der Waals surface area contributed by atoms with Gasteiger partial charge in [-0.1, -0.05) is 24.6 Å². The smallest absolute Gasteiger partial charge is 0.179 e. The number of aromatic nitrogens is 1. The van der Waals surface area contributed by atoms with Gasteiger partial charge in [-0.15, -0.1) is 0 Å². The van der Waals surface area contributed by atoms with Crippen LogP contribution < -0.4 is 5.73 Å². The maximum Gasteiger partial charge on any atom is 0.179 e. The molecule has 26 heavy (non-hydrogen) atoms. The van der Waals surface area contributed by atoms with Crippen molar-refractivity contribution in [2.24, 2.45) is 18.7 Å². The molecule has 144 valence electrons.